The Morgan fingerprint density at radius 1 is 0.685 bits per heavy atom. The summed E-state index contributed by atoms with van der Waals surface area (Å²) in [6.45, 7) is 18.3. The molecular formula is C49H54GeIrN2S-2. The summed E-state index contributed by atoms with van der Waals surface area (Å²) in [5, 5.41) is 2.59. The van der Waals surface area contributed by atoms with E-state index in [1.807, 2.05) is 48.0 Å². The van der Waals surface area contributed by atoms with Gasteiger partial charge in [-0.05, 0) is 73.3 Å². The van der Waals surface area contributed by atoms with Crippen molar-refractivity contribution in [1.29, 1.82) is 0 Å². The summed E-state index contributed by atoms with van der Waals surface area (Å²) in [6.07, 6.45) is 5.04. The van der Waals surface area contributed by atoms with Gasteiger partial charge in [0.2, 0.25) is 0 Å². The number of hydrogen-bond donors (Lipinski definition) is 0. The summed E-state index contributed by atoms with van der Waals surface area (Å²) >= 11 is 0.144. The molecule has 3 aromatic heterocycles. The van der Waals surface area contributed by atoms with E-state index in [4.69, 9.17) is 4.98 Å². The minimum absolute atomic E-state index is 0. The zero-order valence-electron chi connectivity index (χ0n) is 33.8. The molecule has 0 spiro atoms. The molecule has 0 N–H and O–H groups in total. The van der Waals surface area contributed by atoms with Gasteiger partial charge in [0, 0.05) is 31.0 Å². The van der Waals surface area contributed by atoms with Crippen LogP contribution >= 0.6 is 11.3 Å². The number of fused-ring (bicyclic) bond motifs is 3. The first kappa shape index (κ1) is 41.7. The summed E-state index contributed by atoms with van der Waals surface area (Å²) < 4.78 is 4.02. The van der Waals surface area contributed by atoms with Crippen LogP contribution in [0.2, 0.25) is 17.3 Å². The van der Waals surface area contributed by atoms with E-state index in [0.29, 0.717) is 5.92 Å². The maximum Gasteiger partial charge on any atom is 0 e. The predicted molar refractivity (Wildman–Crippen MR) is 234 cm³/mol. The molecule has 4 aromatic carbocycles. The fraction of sp³-hybridized carbons (Fsp3) is 0.306. The van der Waals surface area contributed by atoms with Gasteiger partial charge in [0.05, 0.1) is 0 Å². The first-order valence-electron chi connectivity index (χ1n) is 18.9. The minimum atomic E-state index is -1.72. The molecule has 1 radical (unpaired) electrons. The van der Waals surface area contributed by atoms with Crippen LogP contribution in [0.3, 0.4) is 0 Å². The van der Waals surface area contributed by atoms with Crippen LogP contribution in [0.5, 0.6) is 0 Å². The van der Waals surface area contributed by atoms with Crippen molar-refractivity contribution in [3.63, 3.8) is 0 Å². The smallest absolute Gasteiger partial charge is 0 e. The quantitative estimate of drug-likeness (QED) is 0.123. The second kappa shape index (κ2) is 16.8. The average molecular weight is 968 g/mol. The molecule has 0 aliphatic rings. The fourth-order valence-corrected chi connectivity index (χ4v) is 9.95. The number of pyridine rings is 2. The van der Waals surface area contributed by atoms with Gasteiger partial charge in [0.15, 0.2) is 0 Å². The van der Waals surface area contributed by atoms with Crippen molar-refractivity contribution in [2.75, 3.05) is 0 Å². The van der Waals surface area contributed by atoms with Crippen molar-refractivity contribution < 1.29 is 20.1 Å². The first-order valence-corrected chi connectivity index (χ1v) is 27.1. The van der Waals surface area contributed by atoms with Gasteiger partial charge in [-0.2, -0.15) is 11.3 Å². The van der Waals surface area contributed by atoms with Gasteiger partial charge in [-0.3, -0.25) is 0 Å². The van der Waals surface area contributed by atoms with Crippen LogP contribution in [0.15, 0.2) is 109 Å². The van der Waals surface area contributed by atoms with Gasteiger partial charge in [-0.15, -0.1) is 23.8 Å². The Morgan fingerprint density at radius 2 is 1.41 bits per heavy atom. The molecule has 0 aliphatic carbocycles. The summed E-state index contributed by atoms with van der Waals surface area (Å²) in [5.74, 6) is 7.76. The fourth-order valence-electron chi connectivity index (χ4n) is 6.53. The third-order valence-corrected chi connectivity index (χ3v) is 15.2. The topological polar surface area (TPSA) is 25.8 Å². The number of benzene rings is 4. The molecule has 2 nitrogen and oxygen atoms in total. The van der Waals surface area contributed by atoms with Crippen molar-refractivity contribution in [2.24, 2.45) is 5.92 Å². The molecule has 5 heteroatoms. The van der Waals surface area contributed by atoms with Crippen LogP contribution in [0.25, 0.3) is 53.8 Å². The molecule has 3 heterocycles. The zero-order chi connectivity index (χ0) is 38.1. The summed E-state index contributed by atoms with van der Waals surface area (Å²) in [4.78, 5) is 9.27. The molecule has 0 saturated heterocycles. The Kier molecular flexibility index (Phi) is 13.0. The van der Waals surface area contributed by atoms with E-state index in [-0.39, 0.29) is 30.9 Å². The molecule has 0 aliphatic heterocycles. The molecule has 7 aromatic rings. The van der Waals surface area contributed by atoms with E-state index in [1.165, 1.54) is 52.4 Å². The van der Waals surface area contributed by atoms with Gasteiger partial charge in [0.1, 0.15) is 0 Å². The maximum absolute atomic E-state index is 4.74. The molecule has 0 fully saturated rings. The number of nitrogens with zero attached hydrogens (tertiary/aromatic N) is 2. The molecule has 0 amide bonds. The Hall–Kier alpha value is -3.41. The Morgan fingerprint density at radius 3 is 2.00 bits per heavy atom. The monoisotopic (exact) mass is 969 g/mol. The molecule has 281 valence electrons. The van der Waals surface area contributed by atoms with E-state index in [2.05, 4.69) is 163 Å². The third-order valence-electron chi connectivity index (χ3n) is 9.77. The molecule has 0 unspecified atom stereocenters. The van der Waals surface area contributed by atoms with Crippen LogP contribution < -0.4 is 4.40 Å². The van der Waals surface area contributed by atoms with Crippen molar-refractivity contribution in [3.8, 4) is 33.6 Å². The van der Waals surface area contributed by atoms with Crippen LogP contribution in [0, 0.1) is 18.1 Å². The van der Waals surface area contributed by atoms with E-state index in [0.717, 1.165) is 28.9 Å². The third kappa shape index (κ3) is 9.87. The van der Waals surface area contributed by atoms with Crippen molar-refractivity contribution in [1.82, 2.24) is 9.97 Å². The maximum atomic E-state index is 4.74. The van der Waals surface area contributed by atoms with Crippen molar-refractivity contribution >= 4 is 49.2 Å². The Labute approximate surface area is 344 Å². The second-order valence-corrected chi connectivity index (χ2v) is 29.5. The van der Waals surface area contributed by atoms with Crippen LogP contribution in [-0.4, -0.2) is 23.2 Å². The summed E-state index contributed by atoms with van der Waals surface area (Å²) in [5.41, 5.74) is 11.1. The van der Waals surface area contributed by atoms with Crippen LogP contribution in [0.1, 0.15) is 72.1 Å². The van der Waals surface area contributed by atoms with Gasteiger partial charge in [0.25, 0.3) is 0 Å². The molecule has 0 bridgehead atoms. The first-order chi connectivity index (χ1) is 25.0. The number of aromatic nitrogens is 2. The van der Waals surface area contributed by atoms with Crippen molar-refractivity contribution in [3.05, 3.63) is 138 Å². The number of thiophene rings is 1. The summed E-state index contributed by atoms with van der Waals surface area (Å²) in [6, 6.07) is 41.8. The Balaban J connectivity index is 0.000000276. The van der Waals surface area contributed by atoms with Gasteiger partial charge < -0.3 is 4.98 Å². The second-order valence-electron chi connectivity index (χ2n) is 17.8. The van der Waals surface area contributed by atoms with Crippen molar-refractivity contribution in [2.45, 2.75) is 89.9 Å². The average Bonchev–Trinajstić information content (AvgIpc) is 3.49. The minimum Gasteiger partial charge on any atom is 0 e. The van der Waals surface area contributed by atoms with Gasteiger partial charge >= 0.3 is 99.8 Å². The Bertz CT molecular complexity index is 2310. The standard InChI is InChI=1S/C35H38NS.C14H16GeN.Ir/c1-22(2)16-23-14-15-36-31(17-23)30-11-9-10-29-28-13-12-24(20-32(28)37-33(29)30)25-18-26(34(3,4)5)21-27(19-25)35(6,7)8;1-15(2,3)13-9-10-14(16-11-13)12-7-5-4-6-8-12;/h9-10,12-15,17-22H,16H2,1-8H3;4-7,9-11H,1-3H3;/q2*-1;. The normalized spacial score (nSPS) is 12.1. The number of rotatable bonds is 6. The predicted octanol–water partition coefficient (Wildman–Crippen LogP) is 13.5. The van der Waals surface area contributed by atoms with E-state index >= 15 is 0 Å². The van der Waals surface area contributed by atoms with Crippen LogP contribution in [0.4, 0.5) is 0 Å². The van der Waals surface area contributed by atoms with E-state index in [9.17, 15) is 0 Å². The molecule has 54 heavy (non-hydrogen) atoms. The molecule has 0 saturated carbocycles. The van der Waals surface area contributed by atoms with Gasteiger partial charge in [-0.25, -0.2) is 0 Å². The zero-order valence-corrected chi connectivity index (χ0v) is 39.1. The molecule has 0 atom stereocenters. The van der Waals surface area contributed by atoms with Crippen LogP contribution in [-0.2, 0) is 37.4 Å². The number of hydrogen-bond acceptors (Lipinski definition) is 3. The largest absolute Gasteiger partial charge is 0 e. The molecule has 7 rings (SSSR count). The van der Waals surface area contributed by atoms with E-state index < -0.39 is 13.3 Å². The molecular weight excluding hydrogens is 913 g/mol. The van der Waals surface area contributed by atoms with E-state index in [1.54, 1.807) is 0 Å². The summed E-state index contributed by atoms with van der Waals surface area (Å²) in [7, 11) is 0. The van der Waals surface area contributed by atoms with Gasteiger partial charge in [-0.1, -0.05) is 103 Å². The SMILES string of the molecule is CC(C)Cc1ccnc(-c2[c-]ccc3c2sc2cc(-c4cc(C(C)(C)C)cc(C(C)(C)C)c4)ccc23)c1.[CH3][Ge]([CH3])([CH3])[c]1ccc(-c2[c-]cccc2)nc1.[Ir].